The molecule has 0 aliphatic rings. The second-order valence-electron chi connectivity index (χ2n) is 7.00. The summed E-state index contributed by atoms with van der Waals surface area (Å²) in [6, 6.07) is 6.90. The maximum Gasteiger partial charge on any atom is 0.204 e. The van der Waals surface area contributed by atoms with E-state index in [1.165, 1.54) is 44.4 Å². The van der Waals surface area contributed by atoms with Gasteiger partial charge < -0.3 is 29.9 Å². The Bertz CT molecular complexity index is 1040. The van der Waals surface area contributed by atoms with E-state index in [1.54, 1.807) is 0 Å². The van der Waals surface area contributed by atoms with Gasteiger partial charge in [-0.1, -0.05) is 12.1 Å². The van der Waals surface area contributed by atoms with Crippen molar-refractivity contribution in [3.8, 4) is 28.4 Å². The van der Waals surface area contributed by atoms with Crippen molar-refractivity contribution in [2.45, 2.75) is 32.0 Å². The van der Waals surface area contributed by atoms with Crippen LogP contribution in [0.3, 0.4) is 0 Å². The summed E-state index contributed by atoms with van der Waals surface area (Å²) in [7, 11) is 0. The first-order valence-electron chi connectivity index (χ1n) is 8.28. The van der Waals surface area contributed by atoms with E-state index >= 15 is 0 Å². The zero-order valence-electron chi connectivity index (χ0n) is 14.8. The van der Waals surface area contributed by atoms with Crippen LogP contribution in [-0.2, 0) is 6.42 Å². The van der Waals surface area contributed by atoms with Gasteiger partial charge in [0.25, 0.3) is 0 Å². The van der Waals surface area contributed by atoms with Crippen LogP contribution in [-0.4, -0.2) is 37.2 Å². The van der Waals surface area contributed by atoms with Crippen LogP contribution < -0.4 is 5.43 Å². The topological polar surface area (TPSA) is 131 Å². The van der Waals surface area contributed by atoms with Gasteiger partial charge in [-0.15, -0.1) is 0 Å². The predicted molar refractivity (Wildman–Crippen MR) is 98.9 cm³/mol. The Balaban J connectivity index is 2.22. The van der Waals surface area contributed by atoms with Gasteiger partial charge in [0.15, 0.2) is 0 Å². The summed E-state index contributed by atoms with van der Waals surface area (Å²) < 4.78 is 5.54. The average Bonchev–Trinajstić information content (AvgIpc) is 2.58. The average molecular weight is 372 g/mol. The fourth-order valence-corrected chi connectivity index (χ4v) is 2.81. The van der Waals surface area contributed by atoms with Crippen LogP contribution in [0.5, 0.6) is 17.2 Å². The molecule has 2 aromatic carbocycles. The summed E-state index contributed by atoms with van der Waals surface area (Å²) in [5, 5.41) is 49.7. The molecule has 0 radical (unpaired) electrons. The molecule has 0 aliphatic carbocycles. The summed E-state index contributed by atoms with van der Waals surface area (Å²) in [5.41, 5.74) is -1.29. The van der Waals surface area contributed by atoms with Gasteiger partial charge in [0.2, 0.25) is 5.43 Å². The molecule has 27 heavy (non-hydrogen) atoms. The predicted octanol–water partition coefficient (Wildman–Crippen LogP) is 2.25. The standard InChI is InChI=1S/C20H20O7/c1-20(2,26)16(24)7-12-14(22)8-15(23)17-18(25)13(9-27-19(12)17)10-3-5-11(21)6-4-10/h3-6,8-9,16,21-24,26H,7H2,1-2H3/t16-/m0/s1. The van der Waals surface area contributed by atoms with E-state index in [0.29, 0.717) is 5.56 Å². The number of aliphatic hydroxyl groups excluding tert-OH is 1. The Kier molecular flexibility index (Phi) is 4.59. The smallest absolute Gasteiger partial charge is 0.204 e. The van der Waals surface area contributed by atoms with E-state index in [0.717, 1.165) is 6.07 Å². The molecule has 0 saturated carbocycles. The third kappa shape index (κ3) is 3.47. The van der Waals surface area contributed by atoms with Crippen molar-refractivity contribution in [1.29, 1.82) is 0 Å². The number of aliphatic hydroxyl groups is 2. The highest BCUT2D eigenvalue weighted by atomic mass is 16.3. The molecule has 1 heterocycles. The third-order valence-electron chi connectivity index (χ3n) is 4.50. The summed E-state index contributed by atoms with van der Waals surface area (Å²) >= 11 is 0. The Labute approximate surface area is 154 Å². The zero-order valence-corrected chi connectivity index (χ0v) is 14.8. The van der Waals surface area contributed by atoms with E-state index in [1.807, 2.05) is 0 Å². The number of phenolic OH excluding ortho intramolecular Hbond substituents is 3. The molecule has 142 valence electrons. The van der Waals surface area contributed by atoms with Crippen molar-refractivity contribution < 1.29 is 29.9 Å². The van der Waals surface area contributed by atoms with Crippen molar-refractivity contribution in [2.24, 2.45) is 0 Å². The lowest BCUT2D eigenvalue weighted by Gasteiger charge is -2.25. The van der Waals surface area contributed by atoms with Gasteiger partial charge in [-0.3, -0.25) is 4.79 Å². The molecule has 1 atom stereocenters. The second kappa shape index (κ2) is 6.61. The highest BCUT2D eigenvalue weighted by molar-refractivity contribution is 5.90. The summed E-state index contributed by atoms with van der Waals surface area (Å²) in [6.07, 6.45) is -0.234. The van der Waals surface area contributed by atoms with Gasteiger partial charge in [-0.05, 0) is 31.5 Å². The molecule has 7 heteroatoms. The lowest BCUT2D eigenvalue weighted by Crippen LogP contribution is -2.37. The normalized spacial score (nSPS) is 13.0. The van der Waals surface area contributed by atoms with Crippen LogP contribution in [0.25, 0.3) is 22.1 Å². The van der Waals surface area contributed by atoms with Crippen molar-refractivity contribution in [3.63, 3.8) is 0 Å². The Hall–Kier alpha value is -3.03. The molecule has 0 bridgehead atoms. The Morgan fingerprint density at radius 2 is 1.70 bits per heavy atom. The van der Waals surface area contributed by atoms with E-state index in [9.17, 15) is 30.3 Å². The largest absolute Gasteiger partial charge is 0.508 e. The number of rotatable bonds is 4. The second-order valence-corrected chi connectivity index (χ2v) is 7.00. The quantitative estimate of drug-likeness (QED) is 0.475. The van der Waals surface area contributed by atoms with Gasteiger partial charge in [0.1, 0.15) is 34.5 Å². The maximum absolute atomic E-state index is 12.9. The first kappa shape index (κ1) is 18.8. The van der Waals surface area contributed by atoms with E-state index in [4.69, 9.17) is 4.42 Å². The minimum Gasteiger partial charge on any atom is -0.508 e. The van der Waals surface area contributed by atoms with E-state index in [-0.39, 0.29) is 40.0 Å². The minimum atomic E-state index is -1.44. The fraction of sp³-hybridized carbons (Fsp3) is 0.250. The van der Waals surface area contributed by atoms with Gasteiger partial charge in [0, 0.05) is 18.1 Å². The van der Waals surface area contributed by atoms with Crippen molar-refractivity contribution in [2.75, 3.05) is 0 Å². The molecule has 0 amide bonds. The maximum atomic E-state index is 12.9. The summed E-state index contributed by atoms with van der Waals surface area (Å²) in [6.45, 7) is 2.83. The summed E-state index contributed by atoms with van der Waals surface area (Å²) in [5.74, 6) is -0.776. The SMILES string of the molecule is CC(C)(O)[C@@H](O)Cc1c(O)cc(O)c2c(=O)c(-c3ccc(O)cc3)coc12. The van der Waals surface area contributed by atoms with Gasteiger partial charge >= 0.3 is 0 Å². The van der Waals surface area contributed by atoms with Crippen LogP contribution in [0, 0.1) is 0 Å². The Morgan fingerprint density at radius 1 is 1.07 bits per heavy atom. The molecule has 0 unspecified atom stereocenters. The highest BCUT2D eigenvalue weighted by Gasteiger charge is 2.28. The number of fused-ring (bicyclic) bond motifs is 1. The number of aromatic hydroxyl groups is 3. The molecular formula is C20H20O7. The first-order valence-corrected chi connectivity index (χ1v) is 8.28. The molecule has 0 saturated heterocycles. The highest BCUT2D eigenvalue weighted by Crippen LogP contribution is 2.36. The molecule has 0 spiro atoms. The van der Waals surface area contributed by atoms with Crippen LogP contribution in [0.1, 0.15) is 19.4 Å². The lowest BCUT2D eigenvalue weighted by molar-refractivity contribution is -0.0470. The zero-order chi connectivity index (χ0) is 19.9. The lowest BCUT2D eigenvalue weighted by atomic mass is 9.93. The third-order valence-corrected chi connectivity index (χ3v) is 4.50. The molecular weight excluding hydrogens is 352 g/mol. The monoisotopic (exact) mass is 372 g/mol. The summed E-state index contributed by atoms with van der Waals surface area (Å²) in [4.78, 5) is 12.9. The van der Waals surface area contributed by atoms with Crippen LogP contribution in [0.2, 0.25) is 0 Å². The number of phenols is 3. The molecule has 3 aromatic rings. The molecule has 3 rings (SSSR count). The first-order chi connectivity index (χ1) is 12.6. The van der Waals surface area contributed by atoms with Crippen LogP contribution in [0.4, 0.5) is 0 Å². The number of hydrogen-bond acceptors (Lipinski definition) is 7. The van der Waals surface area contributed by atoms with Crippen LogP contribution in [0.15, 0.2) is 45.8 Å². The molecule has 7 nitrogen and oxygen atoms in total. The van der Waals surface area contributed by atoms with Crippen LogP contribution >= 0.6 is 0 Å². The van der Waals surface area contributed by atoms with E-state index < -0.39 is 22.9 Å². The molecule has 1 aromatic heterocycles. The van der Waals surface area contributed by atoms with E-state index in [2.05, 4.69) is 0 Å². The molecule has 5 N–H and O–H groups in total. The molecule has 0 aliphatic heterocycles. The van der Waals surface area contributed by atoms with Crippen molar-refractivity contribution in [3.05, 3.63) is 52.4 Å². The molecule has 0 fully saturated rings. The van der Waals surface area contributed by atoms with Crippen molar-refractivity contribution >= 4 is 11.0 Å². The Morgan fingerprint density at radius 3 is 2.30 bits per heavy atom. The van der Waals surface area contributed by atoms with Crippen molar-refractivity contribution in [1.82, 2.24) is 0 Å². The minimum absolute atomic E-state index is 0.0413. The number of benzene rings is 2. The van der Waals surface area contributed by atoms with Gasteiger partial charge in [-0.2, -0.15) is 0 Å². The van der Waals surface area contributed by atoms with Gasteiger partial charge in [-0.25, -0.2) is 0 Å². The number of hydrogen-bond donors (Lipinski definition) is 5. The van der Waals surface area contributed by atoms with Gasteiger partial charge in [0.05, 0.1) is 17.3 Å². The fourth-order valence-electron chi connectivity index (χ4n) is 2.81.